The maximum Gasteiger partial charge on any atom is 0.271 e. The zero-order chi connectivity index (χ0) is 17.3. The molecule has 0 amide bonds. The van der Waals surface area contributed by atoms with Crippen molar-refractivity contribution in [2.75, 3.05) is 11.8 Å². The fraction of sp³-hybridized carbons (Fsp3) is 0.133. The van der Waals surface area contributed by atoms with Crippen LogP contribution in [0.2, 0.25) is 5.02 Å². The highest BCUT2D eigenvalue weighted by Gasteiger charge is 2.19. The van der Waals surface area contributed by atoms with Gasteiger partial charge in [0, 0.05) is 24.2 Å². The topological polar surface area (TPSA) is 73.2 Å². The molecule has 0 saturated heterocycles. The molecule has 9 heteroatoms. The zero-order valence-electron chi connectivity index (χ0n) is 12.9. The van der Waals surface area contributed by atoms with E-state index in [1.54, 1.807) is 41.5 Å². The molecule has 1 aromatic carbocycles. The Bertz CT molecular complexity index is 980. The molecule has 2 aromatic heterocycles. The van der Waals surface area contributed by atoms with E-state index in [9.17, 15) is 8.42 Å². The van der Waals surface area contributed by atoms with Crippen molar-refractivity contribution >= 4 is 38.6 Å². The molecular weight excluding hydrogens is 370 g/mol. The summed E-state index contributed by atoms with van der Waals surface area (Å²) >= 11 is 7.17. The number of hydrogen-bond donors (Lipinski definition) is 1. The second-order valence-electron chi connectivity index (χ2n) is 4.95. The number of hydrogen-bond acceptors (Lipinski definition) is 5. The predicted octanol–water partition coefficient (Wildman–Crippen LogP) is 3.61. The molecule has 2 heterocycles. The fourth-order valence-corrected chi connectivity index (χ4v) is 4.66. The van der Waals surface area contributed by atoms with Crippen LogP contribution in [0, 0.1) is 0 Å². The minimum absolute atomic E-state index is 0.214. The van der Waals surface area contributed by atoms with Gasteiger partial charge in [-0.1, -0.05) is 11.6 Å². The first-order chi connectivity index (χ1) is 11.4. The van der Waals surface area contributed by atoms with E-state index in [1.165, 1.54) is 13.2 Å². The van der Waals surface area contributed by atoms with E-state index in [4.69, 9.17) is 16.3 Å². The maximum atomic E-state index is 12.5. The average molecular weight is 384 g/mol. The number of halogens is 1. The summed E-state index contributed by atoms with van der Waals surface area (Å²) in [5, 5.41) is 6.21. The highest BCUT2D eigenvalue weighted by atomic mass is 35.5. The third kappa shape index (κ3) is 3.26. The Hall–Kier alpha value is -2.03. The summed E-state index contributed by atoms with van der Waals surface area (Å²) in [6, 6.07) is 8.16. The van der Waals surface area contributed by atoms with Crippen molar-refractivity contribution < 1.29 is 13.2 Å². The molecule has 0 unspecified atom stereocenters. The van der Waals surface area contributed by atoms with Crippen molar-refractivity contribution in [1.82, 2.24) is 9.78 Å². The van der Waals surface area contributed by atoms with Gasteiger partial charge in [0.1, 0.15) is 9.96 Å². The van der Waals surface area contributed by atoms with Gasteiger partial charge in [0.05, 0.1) is 23.5 Å². The fourth-order valence-electron chi connectivity index (χ4n) is 2.18. The Morgan fingerprint density at radius 3 is 2.71 bits per heavy atom. The predicted molar refractivity (Wildman–Crippen MR) is 95.3 cm³/mol. The number of benzene rings is 1. The van der Waals surface area contributed by atoms with Crippen molar-refractivity contribution in [3.63, 3.8) is 0 Å². The third-order valence-electron chi connectivity index (χ3n) is 3.36. The Morgan fingerprint density at radius 2 is 2.08 bits per heavy atom. The van der Waals surface area contributed by atoms with Crippen LogP contribution in [0.15, 0.2) is 46.1 Å². The summed E-state index contributed by atoms with van der Waals surface area (Å²) in [5.74, 6) is 0.481. The molecule has 126 valence electrons. The molecule has 0 radical (unpaired) electrons. The van der Waals surface area contributed by atoms with E-state index in [1.807, 2.05) is 6.07 Å². The lowest BCUT2D eigenvalue weighted by Gasteiger charge is -2.08. The molecule has 1 N–H and O–H groups in total. The molecule has 3 rings (SSSR count). The molecule has 0 saturated carbocycles. The van der Waals surface area contributed by atoms with Gasteiger partial charge in [-0.2, -0.15) is 5.10 Å². The number of thiophene rings is 1. The van der Waals surface area contributed by atoms with Gasteiger partial charge in [0.25, 0.3) is 10.0 Å². The Labute approximate surface area is 148 Å². The van der Waals surface area contributed by atoms with Crippen LogP contribution in [0.5, 0.6) is 5.75 Å². The Morgan fingerprint density at radius 1 is 1.29 bits per heavy atom. The Kier molecular flexibility index (Phi) is 4.53. The van der Waals surface area contributed by atoms with E-state index in [0.717, 1.165) is 22.6 Å². The smallest absolute Gasteiger partial charge is 0.271 e. The van der Waals surface area contributed by atoms with E-state index < -0.39 is 10.0 Å². The van der Waals surface area contributed by atoms with Gasteiger partial charge < -0.3 is 4.74 Å². The van der Waals surface area contributed by atoms with Crippen LogP contribution >= 0.6 is 22.9 Å². The number of anilines is 1. The van der Waals surface area contributed by atoms with Crippen LogP contribution < -0.4 is 9.46 Å². The van der Waals surface area contributed by atoms with Crippen LogP contribution in [0.4, 0.5) is 5.69 Å². The number of ether oxygens (including phenoxy) is 1. The lowest BCUT2D eigenvalue weighted by atomic mass is 10.2. The first-order valence-corrected chi connectivity index (χ1v) is 9.58. The molecule has 0 aliphatic rings. The lowest BCUT2D eigenvalue weighted by Crippen LogP contribution is -2.11. The van der Waals surface area contributed by atoms with E-state index >= 15 is 0 Å². The van der Waals surface area contributed by atoms with E-state index in [2.05, 4.69) is 9.82 Å². The lowest BCUT2D eigenvalue weighted by molar-refractivity contribution is 0.415. The summed E-state index contributed by atoms with van der Waals surface area (Å²) in [6.07, 6.45) is 1.67. The highest BCUT2D eigenvalue weighted by molar-refractivity contribution is 7.94. The first-order valence-electron chi connectivity index (χ1n) is 6.84. The minimum Gasteiger partial charge on any atom is -0.495 e. The largest absolute Gasteiger partial charge is 0.495 e. The van der Waals surface area contributed by atoms with Crippen molar-refractivity contribution in [2.45, 2.75) is 4.21 Å². The normalized spacial score (nSPS) is 11.5. The molecule has 3 aromatic rings. The van der Waals surface area contributed by atoms with Crippen LogP contribution in [0.3, 0.4) is 0 Å². The van der Waals surface area contributed by atoms with Crippen LogP contribution in [-0.2, 0) is 17.1 Å². The number of rotatable bonds is 5. The number of sulfonamides is 1. The van der Waals surface area contributed by atoms with Crippen molar-refractivity contribution in [3.8, 4) is 17.0 Å². The van der Waals surface area contributed by atoms with Gasteiger partial charge in [-0.3, -0.25) is 9.40 Å². The van der Waals surface area contributed by atoms with Gasteiger partial charge in [-0.25, -0.2) is 8.42 Å². The minimum atomic E-state index is -3.69. The molecule has 24 heavy (non-hydrogen) atoms. The molecule has 0 aliphatic heterocycles. The Balaban J connectivity index is 1.87. The number of aromatic nitrogens is 2. The van der Waals surface area contributed by atoms with Crippen LogP contribution in [0.1, 0.15) is 0 Å². The van der Waals surface area contributed by atoms with Gasteiger partial charge >= 0.3 is 0 Å². The average Bonchev–Trinajstić information content (AvgIpc) is 3.16. The molecule has 0 spiro atoms. The highest BCUT2D eigenvalue weighted by Crippen LogP contribution is 2.31. The zero-order valence-corrected chi connectivity index (χ0v) is 15.2. The maximum absolute atomic E-state index is 12.5. The summed E-state index contributed by atoms with van der Waals surface area (Å²) < 4.78 is 34.6. The van der Waals surface area contributed by atoms with Crippen LogP contribution in [0.25, 0.3) is 11.3 Å². The van der Waals surface area contributed by atoms with Crippen molar-refractivity contribution in [3.05, 3.63) is 46.9 Å². The summed E-state index contributed by atoms with van der Waals surface area (Å²) in [4.78, 5) is 0. The van der Waals surface area contributed by atoms with E-state index in [0.29, 0.717) is 16.5 Å². The number of nitrogens with zero attached hydrogens (tertiary/aromatic N) is 2. The molecule has 0 atom stereocenters. The standard InChI is InChI=1S/C15H14ClN3O3S2/c1-19-13(5-6-17-19)10-7-15(23-9-10)24(20,21)18-11-3-4-14(22-2)12(16)8-11/h3-9,18H,1-2H3. The quantitative estimate of drug-likeness (QED) is 0.730. The molecular formula is C15H14ClN3O3S2. The third-order valence-corrected chi connectivity index (χ3v) is 6.48. The monoisotopic (exact) mass is 383 g/mol. The number of methoxy groups -OCH3 is 1. The van der Waals surface area contributed by atoms with Gasteiger partial charge in [-0.05, 0) is 30.3 Å². The second kappa shape index (κ2) is 6.46. The van der Waals surface area contributed by atoms with Crippen molar-refractivity contribution in [2.24, 2.45) is 7.05 Å². The molecule has 0 bridgehead atoms. The molecule has 6 nitrogen and oxygen atoms in total. The second-order valence-corrected chi connectivity index (χ2v) is 8.18. The van der Waals surface area contributed by atoms with Gasteiger partial charge in [-0.15, -0.1) is 11.3 Å². The summed E-state index contributed by atoms with van der Waals surface area (Å²) in [5.41, 5.74) is 2.02. The summed E-state index contributed by atoms with van der Waals surface area (Å²) in [7, 11) is -0.392. The molecule has 0 fully saturated rings. The van der Waals surface area contributed by atoms with Gasteiger partial charge in [0.15, 0.2) is 0 Å². The molecule has 0 aliphatic carbocycles. The number of nitrogens with one attached hydrogen (secondary N) is 1. The SMILES string of the molecule is COc1ccc(NS(=O)(=O)c2cc(-c3ccnn3C)cs2)cc1Cl. The first kappa shape index (κ1) is 16.8. The summed E-state index contributed by atoms with van der Waals surface area (Å²) in [6.45, 7) is 0. The van der Waals surface area contributed by atoms with Gasteiger partial charge in [0.2, 0.25) is 0 Å². The number of aryl methyl sites for hydroxylation is 1. The van der Waals surface area contributed by atoms with Crippen molar-refractivity contribution in [1.29, 1.82) is 0 Å². The van der Waals surface area contributed by atoms with Crippen LogP contribution in [-0.4, -0.2) is 25.3 Å². The van der Waals surface area contributed by atoms with E-state index in [-0.39, 0.29) is 4.21 Å².